The van der Waals surface area contributed by atoms with Gasteiger partial charge in [0.2, 0.25) is 0 Å². The Bertz CT molecular complexity index is 608. The molecule has 5 heteroatoms. The zero-order valence-electron chi connectivity index (χ0n) is 10.0. The Balaban J connectivity index is 2.64. The molecule has 0 saturated heterocycles. The molecule has 0 aliphatic rings. The average Bonchev–Trinajstić information content (AvgIpc) is 2.44. The van der Waals surface area contributed by atoms with Crippen molar-refractivity contribution in [1.82, 2.24) is 0 Å². The van der Waals surface area contributed by atoms with Crippen LogP contribution < -0.4 is 0 Å². The summed E-state index contributed by atoms with van der Waals surface area (Å²) in [6.45, 7) is -0.573. The van der Waals surface area contributed by atoms with Crippen molar-refractivity contribution in [3.05, 3.63) is 47.5 Å². The summed E-state index contributed by atoms with van der Waals surface area (Å²) in [6, 6.07) is 9.57. The predicted octanol–water partition coefficient (Wildman–Crippen LogP) is 0.925. The van der Waals surface area contributed by atoms with Gasteiger partial charge in [0.05, 0.1) is 12.2 Å². The summed E-state index contributed by atoms with van der Waals surface area (Å²) in [4.78, 5) is 11.1. The van der Waals surface area contributed by atoms with Crippen LogP contribution in [0.4, 0.5) is 0 Å². The first-order valence-corrected chi connectivity index (χ1v) is 5.78. The van der Waals surface area contributed by atoms with Gasteiger partial charge in [0.15, 0.2) is 0 Å². The molecule has 2 aromatic carbocycles. The number of aliphatic hydroxyl groups is 3. The van der Waals surface area contributed by atoms with Crippen LogP contribution in [0.5, 0.6) is 0 Å². The maximum atomic E-state index is 11.1. The molecule has 2 unspecified atom stereocenters. The van der Waals surface area contributed by atoms with E-state index in [2.05, 4.69) is 0 Å². The number of hydrogen-bond acceptors (Lipinski definition) is 4. The fourth-order valence-electron chi connectivity index (χ4n) is 2.09. The normalized spacial score (nSPS) is 14.3. The largest absolute Gasteiger partial charge is 0.478 e. The Morgan fingerprint density at radius 2 is 1.68 bits per heavy atom. The number of benzene rings is 2. The summed E-state index contributed by atoms with van der Waals surface area (Å²) in [5.74, 6) is -1.06. The lowest BCUT2D eigenvalue weighted by molar-refractivity contribution is -0.0145. The van der Waals surface area contributed by atoms with E-state index in [1.807, 2.05) is 0 Å². The zero-order chi connectivity index (χ0) is 14.0. The van der Waals surface area contributed by atoms with E-state index in [1.54, 1.807) is 30.3 Å². The Kier molecular flexibility index (Phi) is 3.80. The van der Waals surface area contributed by atoms with Crippen molar-refractivity contribution in [2.45, 2.75) is 12.2 Å². The molecule has 0 bridgehead atoms. The quantitative estimate of drug-likeness (QED) is 0.657. The molecule has 0 aliphatic heterocycles. The Labute approximate surface area is 109 Å². The lowest BCUT2D eigenvalue weighted by Crippen LogP contribution is -2.22. The summed E-state index contributed by atoms with van der Waals surface area (Å²) in [5, 5.41) is 38.5. The monoisotopic (exact) mass is 262 g/mol. The molecule has 100 valence electrons. The lowest BCUT2D eigenvalue weighted by atomic mass is 9.95. The minimum atomic E-state index is -1.31. The number of carbonyl (C=O) groups is 1. The summed E-state index contributed by atoms with van der Waals surface area (Å²) in [7, 11) is 0. The van der Waals surface area contributed by atoms with E-state index in [0.29, 0.717) is 16.3 Å². The van der Waals surface area contributed by atoms with Crippen LogP contribution in [0.15, 0.2) is 36.4 Å². The van der Waals surface area contributed by atoms with Crippen LogP contribution in [-0.2, 0) is 0 Å². The maximum absolute atomic E-state index is 11.1. The zero-order valence-corrected chi connectivity index (χ0v) is 10.0. The molecule has 2 rings (SSSR count). The molecule has 19 heavy (non-hydrogen) atoms. The molecule has 0 fully saturated rings. The molecule has 0 saturated carbocycles. The third kappa shape index (κ3) is 2.44. The molecule has 0 aliphatic carbocycles. The Hall–Kier alpha value is -1.95. The predicted molar refractivity (Wildman–Crippen MR) is 69.0 cm³/mol. The number of aromatic carboxylic acids is 1. The first-order valence-electron chi connectivity index (χ1n) is 5.78. The van der Waals surface area contributed by atoms with E-state index in [4.69, 9.17) is 10.2 Å². The van der Waals surface area contributed by atoms with Gasteiger partial charge in [-0.2, -0.15) is 0 Å². The van der Waals surface area contributed by atoms with Crippen LogP contribution in [0.2, 0.25) is 0 Å². The highest BCUT2D eigenvalue weighted by Crippen LogP contribution is 2.28. The first-order chi connectivity index (χ1) is 9.06. The lowest BCUT2D eigenvalue weighted by Gasteiger charge is -2.18. The van der Waals surface area contributed by atoms with Crippen molar-refractivity contribution in [2.75, 3.05) is 6.61 Å². The van der Waals surface area contributed by atoms with Crippen LogP contribution >= 0.6 is 0 Å². The number of carboxylic acid groups (broad SMARTS) is 1. The van der Waals surface area contributed by atoms with Crippen LogP contribution in [0.1, 0.15) is 22.0 Å². The number of aliphatic hydroxyl groups excluding tert-OH is 3. The van der Waals surface area contributed by atoms with E-state index in [1.165, 1.54) is 6.07 Å². The Morgan fingerprint density at radius 1 is 1.05 bits per heavy atom. The molecule has 0 radical (unpaired) electrons. The molecular formula is C14H14O5. The van der Waals surface area contributed by atoms with E-state index in [0.717, 1.165) is 0 Å². The van der Waals surface area contributed by atoms with Crippen LogP contribution in [0.25, 0.3) is 10.8 Å². The smallest absolute Gasteiger partial charge is 0.336 e. The van der Waals surface area contributed by atoms with Gasteiger partial charge in [-0.1, -0.05) is 30.3 Å². The molecule has 5 nitrogen and oxygen atoms in total. The standard InChI is InChI=1S/C14H14O5/c15-7-12(16)13(17)10-5-1-4-9-8(10)3-2-6-11(9)14(18)19/h1-6,12-13,15-17H,7H2,(H,18,19). The van der Waals surface area contributed by atoms with Crippen LogP contribution in [0, 0.1) is 0 Å². The second kappa shape index (κ2) is 5.36. The molecule has 0 spiro atoms. The third-order valence-corrected chi connectivity index (χ3v) is 3.06. The van der Waals surface area contributed by atoms with Crippen LogP contribution in [0.3, 0.4) is 0 Å². The number of rotatable bonds is 4. The fraction of sp³-hybridized carbons (Fsp3) is 0.214. The summed E-state index contributed by atoms with van der Waals surface area (Å²) < 4.78 is 0. The topological polar surface area (TPSA) is 98.0 Å². The van der Waals surface area contributed by atoms with Gasteiger partial charge < -0.3 is 20.4 Å². The number of fused-ring (bicyclic) bond motifs is 1. The maximum Gasteiger partial charge on any atom is 0.336 e. The summed E-state index contributed by atoms with van der Waals surface area (Å²) in [6.07, 6.45) is -2.57. The molecule has 2 atom stereocenters. The average molecular weight is 262 g/mol. The third-order valence-electron chi connectivity index (χ3n) is 3.06. The number of carboxylic acids is 1. The van der Waals surface area contributed by atoms with Crippen molar-refractivity contribution in [3.63, 3.8) is 0 Å². The highest BCUT2D eigenvalue weighted by molar-refractivity contribution is 6.04. The second-order valence-electron chi connectivity index (χ2n) is 4.25. The summed E-state index contributed by atoms with van der Waals surface area (Å²) in [5.41, 5.74) is 0.521. The number of hydrogen-bond donors (Lipinski definition) is 4. The highest BCUT2D eigenvalue weighted by Gasteiger charge is 2.20. The summed E-state index contributed by atoms with van der Waals surface area (Å²) >= 11 is 0. The van der Waals surface area contributed by atoms with Crippen molar-refractivity contribution in [3.8, 4) is 0 Å². The fourth-order valence-corrected chi connectivity index (χ4v) is 2.09. The van der Waals surface area contributed by atoms with Crippen LogP contribution in [-0.4, -0.2) is 39.1 Å². The first kappa shape index (κ1) is 13.5. The van der Waals surface area contributed by atoms with Gasteiger partial charge in [-0.15, -0.1) is 0 Å². The van der Waals surface area contributed by atoms with E-state index >= 15 is 0 Å². The van der Waals surface area contributed by atoms with E-state index in [9.17, 15) is 15.0 Å². The minimum absolute atomic E-state index is 0.130. The van der Waals surface area contributed by atoms with Gasteiger partial charge in [-0.05, 0) is 22.4 Å². The van der Waals surface area contributed by atoms with Crippen molar-refractivity contribution >= 4 is 16.7 Å². The van der Waals surface area contributed by atoms with Crippen molar-refractivity contribution in [2.24, 2.45) is 0 Å². The van der Waals surface area contributed by atoms with Crippen molar-refractivity contribution < 1.29 is 25.2 Å². The molecule has 2 aromatic rings. The highest BCUT2D eigenvalue weighted by atomic mass is 16.4. The van der Waals surface area contributed by atoms with E-state index < -0.39 is 24.8 Å². The van der Waals surface area contributed by atoms with Gasteiger partial charge in [0.25, 0.3) is 0 Å². The van der Waals surface area contributed by atoms with Gasteiger partial charge in [0, 0.05) is 0 Å². The van der Waals surface area contributed by atoms with Gasteiger partial charge >= 0.3 is 5.97 Å². The molecule has 0 amide bonds. The van der Waals surface area contributed by atoms with Gasteiger partial charge in [0.1, 0.15) is 12.2 Å². The van der Waals surface area contributed by atoms with E-state index in [-0.39, 0.29) is 5.56 Å². The SMILES string of the molecule is O=C(O)c1cccc2c(C(O)C(O)CO)cccc12. The Morgan fingerprint density at radius 3 is 2.32 bits per heavy atom. The van der Waals surface area contributed by atoms with Gasteiger partial charge in [-0.25, -0.2) is 4.79 Å². The molecular weight excluding hydrogens is 248 g/mol. The van der Waals surface area contributed by atoms with Gasteiger partial charge in [-0.3, -0.25) is 0 Å². The molecule has 0 aromatic heterocycles. The molecule has 4 N–H and O–H groups in total. The minimum Gasteiger partial charge on any atom is -0.478 e. The second-order valence-corrected chi connectivity index (χ2v) is 4.25. The molecule has 0 heterocycles. The van der Waals surface area contributed by atoms with Crippen molar-refractivity contribution in [1.29, 1.82) is 0 Å².